The van der Waals surface area contributed by atoms with E-state index >= 15 is 0 Å². The summed E-state index contributed by atoms with van der Waals surface area (Å²) in [6.45, 7) is 2.66. The fraction of sp³-hybridized carbons (Fsp3) is 0.692. The van der Waals surface area contributed by atoms with Gasteiger partial charge in [-0.1, -0.05) is 0 Å². The molecular formula is C13H23N3O2S2. The number of thiophene rings is 1. The molecule has 5 nitrogen and oxygen atoms in total. The van der Waals surface area contributed by atoms with Crippen molar-refractivity contribution in [1.82, 2.24) is 9.21 Å². The van der Waals surface area contributed by atoms with Crippen molar-refractivity contribution in [3.8, 4) is 0 Å². The second kappa shape index (κ2) is 6.53. The number of rotatable bonds is 5. The lowest BCUT2D eigenvalue weighted by Crippen LogP contribution is -2.40. The maximum absolute atomic E-state index is 12.5. The van der Waals surface area contributed by atoms with Crippen LogP contribution in [0.1, 0.15) is 18.4 Å². The van der Waals surface area contributed by atoms with Crippen LogP contribution in [-0.2, 0) is 16.6 Å². The molecule has 0 bridgehead atoms. The summed E-state index contributed by atoms with van der Waals surface area (Å²) in [5.74, 6) is 0.597. The molecule has 20 heavy (non-hydrogen) atoms. The van der Waals surface area contributed by atoms with Gasteiger partial charge in [0.15, 0.2) is 0 Å². The van der Waals surface area contributed by atoms with Gasteiger partial charge in [0.1, 0.15) is 4.21 Å². The van der Waals surface area contributed by atoms with Crippen LogP contribution in [0, 0.1) is 5.92 Å². The molecule has 1 fully saturated rings. The van der Waals surface area contributed by atoms with Gasteiger partial charge in [0.2, 0.25) is 0 Å². The zero-order valence-electron chi connectivity index (χ0n) is 12.1. The number of nitrogens with two attached hydrogens (primary N) is 1. The molecule has 7 heteroatoms. The third-order valence-electron chi connectivity index (χ3n) is 3.66. The van der Waals surface area contributed by atoms with Crippen LogP contribution >= 0.6 is 11.3 Å². The molecule has 2 rings (SSSR count). The van der Waals surface area contributed by atoms with Crippen LogP contribution in [-0.4, -0.2) is 51.4 Å². The number of nitrogens with zero attached hydrogens (tertiary/aromatic N) is 2. The Morgan fingerprint density at radius 3 is 2.55 bits per heavy atom. The zero-order chi connectivity index (χ0) is 14.8. The SMILES string of the molecule is CN(C)CC1CCN(S(=O)(=O)c2cc(CN)cs2)CC1. The maximum atomic E-state index is 12.5. The third kappa shape index (κ3) is 3.59. The zero-order valence-corrected chi connectivity index (χ0v) is 13.7. The molecule has 0 amide bonds. The van der Waals surface area contributed by atoms with E-state index in [4.69, 9.17) is 5.73 Å². The van der Waals surface area contributed by atoms with Gasteiger partial charge in [-0.2, -0.15) is 4.31 Å². The first-order chi connectivity index (χ1) is 9.43. The molecule has 1 saturated heterocycles. The fourth-order valence-electron chi connectivity index (χ4n) is 2.57. The van der Waals surface area contributed by atoms with Gasteiger partial charge in [0.25, 0.3) is 10.0 Å². The predicted molar refractivity (Wildman–Crippen MR) is 82.2 cm³/mol. The van der Waals surface area contributed by atoms with Crippen LogP contribution < -0.4 is 5.73 Å². The number of sulfonamides is 1. The summed E-state index contributed by atoms with van der Waals surface area (Å²) < 4.78 is 27.1. The van der Waals surface area contributed by atoms with Crippen molar-refractivity contribution in [3.63, 3.8) is 0 Å². The van der Waals surface area contributed by atoms with Crippen molar-refractivity contribution in [2.45, 2.75) is 23.6 Å². The average Bonchev–Trinajstić information content (AvgIpc) is 2.88. The first-order valence-corrected chi connectivity index (χ1v) is 9.18. The Morgan fingerprint density at radius 1 is 1.40 bits per heavy atom. The maximum Gasteiger partial charge on any atom is 0.252 e. The highest BCUT2D eigenvalue weighted by Crippen LogP contribution is 2.27. The summed E-state index contributed by atoms with van der Waals surface area (Å²) in [7, 11) is 0.797. The number of piperidine rings is 1. The van der Waals surface area contributed by atoms with Gasteiger partial charge in [0, 0.05) is 26.2 Å². The van der Waals surface area contributed by atoms with Crippen molar-refractivity contribution >= 4 is 21.4 Å². The first-order valence-electron chi connectivity index (χ1n) is 6.86. The van der Waals surface area contributed by atoms with Crippen LogP contribution in [0.4, 0.5) is 0 Å². The van der Waals surface area contributed by atoms with Gasteiger partial charge in [-0.25, -0.2) is 8.42 Å². The van der Waals surface area contributed by atoms with Gasteiger partial charge < -0.3 is 10.6 Å². The lowest BCUT2D eigenvalue weighted by atomic mass is 9.98. The van der Waals surface area contributed by atoms with Crippen molar-refractivity contribution in [2.24, 2.45) is 11.7 Å². The summed E-state index contributed by atoms with van der Waals surface area (Å²) >= 11 is 1.27. The van der Waals surface area contributed by atoms with Gasteiger partial charge in [-0.05, 0) is 49.9 Å². The molecule has 0 saturated carbocycles. The first kappa shape index (κ1) is 15.9. The minimum atomic E-state index is -3.32. The Kier molecular flexibility index (Phi) is 5.19. The van der Waals surface area contributed by atoms with Crippen LogP contribution in [0.3, 0.4) is 0 Å². The van der Waals surface area contributed by atoms with E-state index in [-0.39, 0.29) is 0 Å². The van der Waals surface area contributed by atoms with Crippen molar-refractivity contribution < 1.29 is 8.42 Å². The lowest BCUT2D eigenvalue weighted by molar-refractivity contribution is 0.225. The van der Waals surface area contributed by atoms with Gasteiger partial charge in [-0.15, -0.1) is 11.3 Å². The molecule has 1 aliphatic heterocycles. The number of hydrogen-bond acceptors (Lipinski definition) is 5. The van der Waals surface area contributed by atoms with Gasteiger partial charge in [0.05, 0.1) is 0 Å². The normalized spacial score (nSPS) is 18.8. The van der Waals surface area contributed by atoms with Crippen molar-refractivity contribution in [1.29, 1.82) is 0 Å². The molecule has 1 aliphatic rings. The monoisotopic (exact) mass is 317 g/mol. The van der Waals surface area contributed by atoms with E-state index in [2.05, 4.69) is 19.0 Å². The average molecular weight is 317 g/mol. The van der Waals surface area contributed by atoms with E-state index in [1.807, 2.05) is 5.38 Å². The Labute approximate surface area is 125 Å². The molecule has 1 aromatic rings. The fourth-order valence-corrected chi connectivity index (χ4v) is 5.42. The third-order valence-corrected chi connectivity index (χ3v) is 7.02. The van der Waals surface area contributed by atoms with E-state index < -0.39 is 10.0 Å². The molecule has 114 valence electrons. The molecule has 0 spiro atoms. The second-order valence-corrected chi connectivity index (χ2v) is 8.66. The summed E-state index contributed by atoms with van der Waals surface area (Å²) in [4.78, 5) is 2.17. The molecule has 2 heterocycles. The van der Waals surface area contributed by atoms with E-state index in [1.54, 1.807) is 10.4 Å². The lowest BCUT2D eigenvalue weighted by Gasteiger charge is -2.32. The Hall–Kier alpha value is -0.470. The molecule has 0 radical (unpaired) electrons. The summed E-state index contributed by atoms with van der Waals surface area (Å²) in [6, 6.07) is 1.70. The molecule has 2 N–H and O–H groups in total. The predicted octanol–water partition coefficient (Wildman–Crippen LogP) is 1.17. The number of hydrogen-bond donors (Lipinski definition) is 1. The van der Waals surface area contributed by atoms with Gasteiger partial charge in [-0.3, -0.25) is 0 Å². The molecular weight excluding hydrogens is 294 g/mol. The van der Waals surface area contributed by atoms with Crippen molar-refractivity contribution in [2.75, 3.05) is 33.7 Å². The van der Waals surface area contributed by atoms with E-state index in [0.29, 0.717) is 29.8 Å². The molecule has 0 aliphatic carbocycles. The van der Waals surface area contributed by atoms with Crippen LogP contribution in [0.5, 0.6) is 0 Å². The molecule has 1 aromatic heterocycles. The Balaban J connectivity index is 2.02. The topological polar surface area (TPSA) is 66.6 Å². The molecule has 0 atom stereocenters. The smallest absolute Gasteiger partial charge is 0.252 e. The van der Waals surface area contributed by atoms with Crippen LogP contribution in [0.2, 0.25) is 0 Å². The highest BCUT2D eigenvalue weighted by molar-refractivity contribution is 7.91. The van der Waals surface area contributed by atoms with E-state index in [1.165, 1.54) is 11.3 Å². The summed E-state index contributed by atoms with van der Waals surface area (Å²) in [5, 5.41) is 1.83. The highest BCUT2D eigenvalue weighted by Gasteiger charge is 2.30. The van der Waals surface area contributed by atoms with E-state index in [9.17, 15) is 8.42 Å². The van der Waals surface area contributed by atoms with Crippen LogP contribution in [0.15, 0.2) is 15.7 Å². The summed E-state index contributed by atoms with van der Waals surface area (Å²) in [6.07, 6.45) is 1.87. The van der Waals surface area contributed by atoms with Crippen LogP contribution in [0.25, 0.3) is 0 Å². The molecule has 0 aromatic carbocycles. The standard InChI is InChI=1S/C13H23N3O2S2/c1-15(2)9-11-3-5-16(6-4-11)20(17,18)13-7-12(8-14)10-19-13/h7,10-11H,3-6,8-9,14H2,1-2H3. The van der Waals surface area contributed by atoms with Gasteiger partial charge >= 0.3 is 0 Å². The quantitative estimate of drug-likeness (QED) is 0.885. The highest BCUT2D eigenvalue weighted by atomic mass is 32.2. The summed E-state index contributed by atoms with van der Waals surface area (Å²) in [5.41, 5.74) is 6.43. The van der Waals surface area contributed by atoms with Crippen molar-refractivity contribution in [3.05, 3.63) is 17.0 Å². The minimum Gasteiger partial charge on any atom is -0.326 e. The second-order valence-electron chi connectivity index (χ2n) is 5.59. The minimum absolute atomic E-state index is 0.386. The Morgan fingerprint density at radius 2 is 2.05 bits per heavy atom. The van der Waals surface area contributed by atoms with E-state index in [0.717, 1.165) is 24.9 Å². The Bertz CT molecular complexity index is 532. The largest absolute Gasteiger partial charge is 0.326 e. The molecule has 0 unspecified atom stereocenters.